The minimum absolute atomic E-state index is 0.157. The first-order chi connectivity index (χ1) is 22.8. The van der Waals surface area contributed by atoms with Crippen molar-refractivity contribution in [2.45, 2.75) is 46.1 Å². The van der Waals surface area contributed by atoms with Gasteiger partial charge in [0.15, 0.2) is 0 Å². The quantitative estimate of drug-likeness (QED) is 0.0889. The number of carbonyl (C=O) groups is 3. The zero-order valence-corrected chi connectivity index (χ0v) is 28.7. The molecule has 0 unspecified atom stereocenters. The molecule has 0 fully saturated rings. The minimum atomic E-state index is -0.621. The molecule has 0 bridgehead atoms. The van der Waals surface area contributed by atoms with Crippen LogP contribution in [0.5, 0.6) is 5.75 Å². The number of phenols is 1. The van der Waals surface area contributed by atoms with Crippen LogP contribution in [0, 0.1) is 13.8 Å². The van der Waals surface area contributed by atoms with Gasteiger partial charge in [-0.25, -0.2) is 4.79 Å². The number of anilines is 2. The Balaban J connectivity index is 1.13. The third kappa shape index (κ3) is 6.83. The van der Waals surface area contributed by atoms with Gasteiger partial charge in [0, 0.05) is 56.9 Å². The molecule has 0 aliphatic heterocycles. The number of fused-ring (bicyclic) bond motifs is 3. The Bertz CT molecular complexity index is 2210. The van der Waals surface area contributed by atoms with Crippen molar-refractivity contribution in [1.29, 1.82) is 0 Å². The topological polar surface area (TPSA) is 148 Å². The maximum absolute atomic E-state index is 13.2. The van der Waals surface area contributed by atoms with Crippen LogP contribution in [-0.4, -0.2) is 51.0 Å². The Labute approximate surface area is 285 Å². The third-order valence-corrected chi connectivity index (χ3v) is 9.49. The van der Waals surface area contributed by atoms with E-state index in [-0.39, 0.29) is 23.5 Å². The summed E-state index contributed by atoms with van der Waals surface area (Å²) in [6.45, 7) is 9.65. The molecule has 10 nitrogen and oxygen atoms in total. The average molecular weight is 686 g/mol. The molecule has 3 aromatic carbocycles. The van der Waals surface area contributed by atoms with Crippen molar-refractivity contribution in [3.8, 4) is 5.75 Å². The molecule has 0 saturated heterocycles. The number of rotatable bonds is 8. The molecular formula is C36H36ClN5O5S. The number of H-pyrrole nitrogens is 2. The fourth-order valence-corrected chi connectivity index (χ4v) is 7.11. The van der Waals surface area contributed by atoms with Gasteiger partial charge < -0.3 is 30.4 Å². The lowest BCUT2D eigenvalue weighted by Crippen LogP contribution is -2.29. The lowest BCUT2D eigenvalue weighted by molar-refractivity contribution is 0.0635. The average Bonchev–Trinajstić information content (AvgIpc) is 3.74. The van der Waals surface area contributed by atoms with E-state index in [1.165, 1.54) is 11.3 Å². The Hall–Kier alpha value is -5.00. The molecule has 3 amide bonds. The van der Waals surface area contributed by atoms with Crippen molar-refractivity contribution in [3.63, 3.8) is 0 Å². The molecule has 3 aromatic heterocycles. The number of aromatic hydroxyl groups is 1. The molecule has 0 spiro atoms. The largest absolute Gasteiger partial charge is 0.506 e. The number of ether oxygens (including phenoxy) is 1. The number of halogens is 1. The van der Waals surface area contributed by atoms with Gasteiger partial charge in [-0.15, -0.1) is 22.9 Å². The van der Waals surface area contributed by atoms with E-state index in [9.17, 15) is 19.5 Å². The number of carbonyl (C=O) groups excluding carboxylic acids is 3. The zero-order valence-electron chi connectivity index (χ0n) is 27.1. The molecule has 1 atom stereocenters. The van der Waals surface area contributed by atoms with Crippen LogP contribution in [0.25, 0.3) is 31.9 Å². The highest BCUT2D eigenvalue weighted by atomic mass is 35.5. The van der Waals surface area contributed by atoms with E-state index in [1.54, 1.807) is 75.4 Å². The first kappa shape index (κ1) is 32.9. The minimum Gasteiger partial charge on any atom is -0.506 e. The fourth-order valence-electron chi connectivity index (χ4n) is 5.87. The second-order valence-corrected chi connectivity index (χ2v) is 14.0. The molecular weight excluding hydrogens is 650 g/mol. The highest BCUT2D eigenvalue weighted by Crippen LogP contribution is 2.40. The Kier molecular flexibility index (Phi) is 8.84. The van der Waals surface area contributed by atoms with Crippen LogP contribution in [0.15, 0.2) is 60.0 Å². The van der Waals surface area contributed by atoms with Gasteiger partial charge in [-0.1, -0.05) is 0 Å². The van der Waals surface area contributed by atoms with Gasteiger partial charge in [0.2, 0.25) is 0 Å². The lowest BCUT2D eigenvalue weighted by Gasteiger charge is -2.20. The van der Waals surface area contributed by atoms with Crippen LogP contribution in [0.2, 0.25) is 0 Å². The van der Waals surface area contributed by atoms with Crippen LogP contribution in [0.3, 0.4) is 0 Å². The number of benzene rings is 3. The maximum Gasteiger partial charge on any atom is 0.412 e. The van der Waals surface area contributed by atoms with Crippen LogP contribution in [-0.2, 0) is 4.74 Å². The SMILES string of the molecule is Cc1cc(O)c2scc(C)c2c1[C@H](CCl)CNC(=O)c1cc2cc(NC(=O)c3cc4cc(NC(=O)OC(C)(C)C)ccc4[nH]3)ccc2[nH]1. The van der Waals surface area contributed by atoms with E-state index < -0.39 is 11.7 Å². The number of alkyl halides is 1. The highest BCUT2D eigenvalue weighted by molar-refractivity contribution is 7.17. The smallest absolute Gasteiger partial charge is 0.412 e. The monoisotopic (exact) mass is 685 g/mol. The first-order valence-corrected chi connectivity index (χ1v) is 16.8. The Morgan fingerprint density at radius 3 is 2.08 bits per heavy atom. The van der Waals surface area contributed by atoms with E-state index in [2.05, 4.69) is 25.9 Å². The number of nitrogens with one attached hydrogen (secondary N) is 5. The summed E-state index contributed by atoms with van der Waals surface area (Å²) in [5.74, 6) is -0.227. The summed E-state index contributed by atoms with van der Waals surface area (Å²) in [6, 6.07) is 15.8. The summed E-state index contributed by atoms with van der Waals surface area (Å²) in [6.07, 6.45) is -0.561. The number of aromatic amines is 2. The normalized spacial score (nSPS) is 12.4. The fraction of sp³-hybridized carbons (Fsp3) is 0.250. The van der Waals surface area contributed by atoms with E-state index in [4.69, 9.17) is 16.3 Å². The van der Waals surface area contributed by atoms with Crippen molar-refractivity contribution in [2.75, 3.05) is 23.1 Å². The number of aromatic nitrogens is 2. The van der Waals surface area contributed by atoms with E-state index in [0.29, 0.717) is 35.2 Å². The summed E-state index contributed by atoms with van der Waals surface area (Å²) in [4.78, 5) is 44.8. The second kappa shape index (κ2) is 12.9. The third-order valence-electron chi connectivity index (χ3n) is 7.99. The summed E-state index contributed by atoms with van der Waals surface area (Å²) < 4.78 is 6.13. The highest BCUT2D eigenvalue weighted by Gasteiger charge is 2.22. The molecule has 6 aromatic rings. The number of thiophene rings is 1. The number of hydrogen-bond donors (Lipinski definition) is 6. The number of amides is 3. The van der Waals surface area contributed by atoms with Gasteiger partial charge in [0.05, 0.1) is 4.70 Å². The first-order valence-electron chi connectivity index (χ1n) is 15.4. The number of aryl methyl sites for hydroxylation is 2. The van der Waals surface area contributed by atoms with Gasteiger partial charge in [-0.3, -0.25) is 14.9 Å². The van der Waals surface area contributed by atoms with Crippen LogP contribution >= 0.6 is 22.9 Å². The molecule has 3 heterocycles. The standard InChI is InChI=1S/C36H36ClN5O5S/c1-18-10-29(43)32-31(19(2)17-48-32)30(18)22(15-37)16-38-33(44)27-13-20-11-23(6-8-25(20)41-27)39-34(45)28-14-21-12-24(7-9-26(21)42-28)40-35(46)47-36(3,4)5/h6-14,17,22,41-43H,15-16H2,1-5H3,(H,38,44)(H,39,45)(H,40,46)/t22-/m1/s1. The van der Waals surface area contributed by atoms with E-state index >= 15 is 0 Å². The van der Waals surface area contributed by atoms with Crippen LogP contribution in [0.4, 0.5) is 16.2 Å². The van der Waals surface area contributed by atoms with E-state index in [1.807, 2.05) is 19.2 Å². The second-order valence-electron chi connectivity index (χ2n) is 12.9. The molecule has 6 rings (SSSR count). The molecule has 0 radical (unpaired) electrons. The molecule has 0 aliphatic rings. The Morgan fingerprint density at radius 2 is 1.48 bits per heavy atom. The molecule has 0 aliphatic carbocycles. The van der Waals surface area contributed by atoms with E-state index in [0.717, 1.165) is 48.6 Å². The zero-order chi connectivity index (χ0) is 34.3. The summed E-state index contributed by atoms with van der Waals surface area (Å²) in [5.41, 5.74) is 5.71. The predicted octanol–water partition coefficient (Wildman–Crippen LogP) is 8.54. The maximum atomic E-state index is 13.2. The van der Waals surface area contributed by atoms with Gasteiger partial charge in [-0.05, 0) is 111 Å². The molecule has 6 N–H and O–H groups in total. The summed E-state index contributed by atoms with van der Waals surface area (Å²) in [5, 5.41) is 23.6. The molecule has 12 heteroatoms. The molecule has 48 heavy (non-hydrogen) atoms. The van der Waals surface area contributed by atoms with Gasteiger partial charge in [0.1, 0.15) is 22.7 Å². The van der Waals surface area contributed by atoms with Crippen molar-refractivity contribution in [3.05, 3.63) is 88.1 Å². The van der Waals surface area contributed by atoms with Crippen molar-refractivity contribution >= 4 is 84.1 Å². The molecule has 248 valence electrons. The van der Waals surface area contributed by atoms with Gasteiger partial charge >= 0.3 is 6.09 Å². The van der Waals surface area contributed by atoms with Crippen molar-refractivity contribution < 1.29 is 24.2 Å². The van der Waals surface area contributed by atoms with Crippen molar-refractivity contribution in [1.82, 2.24) is 15.3 Å². The summed E-state index contributed by atoms with van der Waals surface area (Å²) in [7, 11) is 0. The lowest BCUT2D eigenvalue weighted by atomic mass is 9.91. The van der Waals surface area contributed by atoms with Crippen molar-refractivity contribution in [2.24, 2.45) is 0 Å². The Morgan fingerprint density at radius 1 is 0.875 bits per heavy atom. The molecule has 0 saturated carbocycles. The van der Waals surface area contributed by atoms with Gasteiger partial charge in [0.25, 0.3) is 11.8 Å². The number of hydrogen-bond acceptors (Lipinski definition) is 6. The van der Waals surface area contributed by atoms with Gasteiger partial charge in [-0.2, -0.15) is 0 Å². The number of phenolic OH excluding ortho intramolecular Hbond substituents is 1. The summed E-state index contributed by atoms with van der Waals surface area (Å²) >= 11 is 7.92. The van der Waals surface area contributed by atoms with Crippen LogP contribution in [0.1, 0.15) is 64.4 Å². The van der Waals surface area contributed by atoms with Crippen LogP contribution < -0.4 is 16.0 Å². The predicted molar refractivity (Wildman–Crippen MR) is 193 cm³/mol.